The molecule has 0 spiro atoms. The van der Waals surface area contributed by atoms with Crippen LogP contribution >= 0.6 is 11.8 Å². The van der Waals surface area contributed by atoms with Gasteiger partial charge in [-0.05, 0) is 37.5 Å². The van der Waals surface area contributed by atoms with Gasteiger partial charge in [-0.2, -0.15) is 11.8 Å². The van der Waals surface area contributed by atoms with Crippen LogP contribution in [-0.2, 0) is 0 Å². The Bertz CT molecular complexity index is 178. The Hall–Kier alpha value is 0.310. The van der Waals surface area contributed by atoms with E-state index in [1.165, 1.54) is 25.7 Å². The molecule has 1 N–H and O–H groups in total. The first-order valence-electron chi connectivity index (χ1n) is 4.68. The van der Waals surface area contributed by atoms with Gasteiger partial charge in [0.25, 0.3) is 0 Å². The topological polar surface area (TPSA) is 20.2 Å². The molecular formula is C9H14OS. The predicted octanol–water partition coefficient (Wildman–Crippen LogP) is 1.65. The van der Waals surface area contributed by atoms with Gasteiger partial charge in [0.05, 0.1) is 6.10 Å². The van der Waals surface area contributed by atoms with Crippen molar-refractivity contribution < 1.29 is 5.11 Å². The fraction of sp³-hybridized carbons (Fsp3) is 1.00. The molecule has 3 fully saturated rings. The van der Waals surface area contributed by atoms with E-state index in [1.54, 1.807) is 0 Å². The molecule has 62 valence electrons. The van der Waals surface area contributed by atoms with E-state index in [9.17, 15) is 5.11 Å². The quantitative estimate of drug-likeness (QED) is 0.596. The molecule has 2 aliphatic heterocycles. The van der Waals surface area contributed by atoms with Crippen molar-refractivity contribution in [1.29, 1.82) is 0 Å². The molecule has 0 aromatic rings. The third-order valence-electron chi connectivity index (χ3n) is 3.69. The average molecular weight is 170 g/mol. The smallest absolute Gasteiger partial charge is 0.0607 e. The van der Waals surface area contributed by atoms with Gasteiger partial charge in [-0.1, -0.05) is 0 Å². The summed E-state index contributed by atoms with van der Waals surface area (Å²) in [5.41, 5.74) is 0. The molecule has 3 bridgehead atoms. The summed E-state index contributed by atoms with van der Waals surface area (Å²) in [7, 11) is 0. The molecule has 1 nitrogen and oxygen atoms in total. The van der Waals surface area contributed by atoms with E-state index in [0.717, 1.165) is 10.5 Å². The average Bonchev–Trinajstić information content (AvgIpc) is 2.14. The maximum Gasteiger partial charge on any atom is 0.0607 e. The molecule has 2 heterocycles. The van der Waals surface area contributed by atoms with Crippen LogP contribution < -0.4 is 0 Å². The molecule has 0 aromatic carbocycles. The van der Waals surface area contributed by atoms with Gasteiger partial charge in [0.1, 0.15) is 0 Å². The highest BCUT2D eigenvalue weighted by Crippen LogP contribution is 2.55. The molecule has 5 atom stereocenters. The van der Waals surface area contributed by atoms with Crippen molar-refractivity contribution in [3.63, 3.8) is 0 Å². The molecule has 3 aliphatic rings. The standard InChI is InChI=1S/C9H14OS/c10-9-5-3-6-1-2-7(9)8(4-5)11-6/h5-10H,1-4H2/t5-,6+,7+,8+,9+/m0/s1. The summed E-state index contributed by atoms with van der Waals surface area (Å²) in [6.07, 6.45) is 5.37. The zero-order valence-electron chi connectivity index (χ0n) is 6.57. The van der Waals surface area contributed by atoms with E-state index in [2.05, 4.69) is 11.8 Å². The fourth-order valence-electron chi connectivity index (χ4n) is 3.14. The molecular weight excluding hydrogens is 156 g/mol. The van der Waals surface area contributed by atoms with Gasteiger partial charge >= 0.3 is 0 Å². The Labute approximate surface area is 71.6 Å². The molecule has 0 amide bonds. The van der Waals surface area contributed by atoms with Gasteiger partial charge in [-0.25, -0.2) is 0 Å². The lowest BCUT2D eigenvalue weighted by molar-refractivity contribution is 0.0955. The van der Waals surface area contributed by atoms with Crippen LogP contribution in [0.1, 0.15) is 25.7 Å². The fourth-order valence-corrected chi connectivity index (χ4v) is 5.12. The first-order valence-corrected chi connectivity index (χ1v) is 5.62. The number of hydrogen-bond donors (Lipinski definition) is 1. The summed E-state index contributed by atoms with van der Waals surface area (Å²) < 4.78 is 0. The summed E-state index contributed by atoms with van der Waals surface area (Å²) >= 11 is 2.17. The summed E-state index contributed by atoms with van der Waals surface area (Å²) in [5.74, 6) is 1.35. The molecule has 2 heteroatoms. The Morgan fingerprint density at radius 1 is 1.18 bits per heavy atom. The van der Waals surface area contributed by atoms with E-state index in [0.29, 0.717) is 11.8 Å². The van der Waals surface area contributed by atoms with Crippen molar-refractivity contribution in [3.8, 4) is 0 Å². The van der Waals surface area contributed by atoms with Crippen molar-refractivity contribution >= 4 is 11.8 Å². The number of fused-ring (bicyclic) bond motifs is 2. The van der Waals surface area contributed by atoms with Crippen LogP contribution in [0.5, 0.6) is 0 Å². The Balaban J connectivity index is 1.96. The van der Waals surface area contributed by atoms with Crippen LogP contribution in [0.2, 0.25) is 0 Å². The SMILES string of the molecule is O[C@@H]1[C@H]2C[C@H]3CC[C@@H]1[C@@H](C2)S3. The molecule has 1 saturated carbocycles. The summed E-state index contributed by atoms with van der Waals surface area (Å²) in [4.78, 5) is 0. The third-order valence-corrected chi connectivity index (χ3v) is 5.39. The largest absolute Gasteiger partial charge is 0.393 e. The Morgan fingerprint density at radius 3 is 3.00 bits per heavy atom. The van der Waals surface area contributed by atoms with Gasteiger partial charge < -0.3 is 5.11 Å². The van der Waals surface area contributed by atoms with Crippen LogP contribution in [0.4, 0.5) is 0 Å². The third kappa shape index (κ3) is 0.829. The minimum Gasteiger partial charge on any atom is -0.393 e. The first-order chi connectivity index (χ1) is 5.34. The number of hydrogen-bond acceptors (Lipinski definition) is 2. The van der Waals surface area contributed by atoms with E-state index < -0.39 is 0 Å². The van der Waals surface area contributed by atoms with Gasteiger partial charge in [-0.3, -0.25) is 0 Å². The second kappa shape index (κ2) is 2.17. The highest BCUT2D eigenvalue weighted by Gasteiger charge is 2.50. The van der Waals surface area contributed by atoms with Gasteiger partial charge in [0, 0.05) is 10.5 Å². The minimum atomic E-state index is 0.0694. The van der Waals surface area contributed by atoms with Crippen molar-refractivity contribution in [2.75, 3.05) is 0 Å². The lowest BCUT2D eigenvalue weighted by Crippen LogP contribution is -2.26. The normalized spacial score (nSPS) is 60.3. The van der Waals surface area contributed by atoms with Crippen molar-refractivity contribution in [3.05, 3.63) is 0 Å². The zero-order chi connectivity index (χ0) is 7.42. The molecule has 0 unspecified atom stereocenters. The highest BCUT2D eigenvalue weighted by atomic mass is 32.2. The number of rotatable bonds is 0. The van der Waals surface area contributed by atoms with E-state index in [1.807, 2.05) is 0 Å². The van der Waals surface area contributed by atoms with Gasteiger partial charge in [0.2, 0.25) is 0 Å². The van der Waals surface area contributed by atoms with Crippen LogP contribution in [0.3, 0.4) is 0 Å². The van der Waals surface area contributed by atoms with Crippen LogP contribution in [0.25, 0.3) is 0 Å². The lowest BCUT2D eigenvalue weighted by Gasteiger charge is -2.32. The molecule has 0 aromatic heterocycles. The minimum absolute atomic E-state index is 0.0694. The molecule has 2 saturated heterocycles. The summed E-state index contributed by atoms with van der Waals surface area (Å²) in [5, 5.41) is 11.6. The Morgan fingerprint density at radius 2 is 2.09 bits per heavy atom. The Kier molecular flexibility index (Phi) is 1.34. The second-order valence-electron chi connectivity index (χ2n) is 4.26. The number of aliphatic hydroxyl groups excluding tert-OH is 1. The van der Waals surface area contributed by atoms with Crippen LogP contribution in [-0.4, -0.2) is 21.7 Å². The molecule has 1 aliphatic carbocycles. The number of thioether (sulfide) groups is 1. The van der Waals surface area contributed by atoms with E-state index in [-0.39, 0.29) is 6.10 Å². The lowest BCUT2D eigenvalue weighted by atomic mass is 9.99. The van der Waals surface area contributed by atoms with Gasteiger partial charge in [-0.15, -0.1) is 0 Å². The van der Waals surface area contributed by atoms with E-state index >= 15 is 0 Å². The van der Waals surface area contributed by atoms with E-state index in [4.69, 9.17) is 0 Å². The monoisotopic (exact) mass is 170 g/mol. The first kappa shape index (κ1) is 6.79. The molecule has 0 radical (unpaired) electrons. The maximum absolute atomic E-state index is 9.87. The number of aliphatic hydroxyl groups is 1. The van der Waals surface area contributed by atoms with Crippen LogP contribution in [0.15, 0.2) is 0 Å². The zero-order valence-corrected chi connectivity index (χ0v) is 7.39. The highest BCUT2D eigenvalue weighted by molar-refractivity contribution is 8.00. The molecule has 3 rings (SSSR count). The second-order valence-corrected chi connectivity index (χ2v) is 5.80. The maximum atomic E-state index is 9.87. The van der Waals surface area contributed by atoms with Crippen molar-refractivity contribution in [1.82, 2.24) is 0 Å². The summed E-state index contributed by atoms with van der Waals surface area (Å²) in [6.45, 7) is 0. The predicted molar refractivity (Wildman–Crippen MR) is 46.6 cm³/mol. The summed E-state index contributed by atoms with van der Waals surface area (Å²) in [6, 6.07) is 0. The van der Waals surface area contributed by atoms with Crippen molar-refractivity contribution in [2.24, 2.45) is 11.8 Å². The van der Waals surface area contributed by atoms with Crippen LogP contribution in [0, 0.1) is 11.8 Å². The van der Waals surface area contributed by atoms with Gasteiger partial charge in [0.15, 0.2) is 0 Å². The van der Waals surface area contributed by atoms with Crippen molar-refractivity contribution in [2.45, 2.75) is 42.3 Å². The molecule has 11 heavy (non-hydrogen) atoms.